The predicted molar refractivity (Wildman–Crippen MR) is 106 cm³/mol. The molecule has 1 unspecified atom stereocenters. The summed E-state index contributed by atoms with van der Waals surface area (Å²) in [6, 6.07) is 11.9. The monoisotopic (exact) mass is 411 g/mol. The second-order valence-corrected chi connectivity index (χ2v) is 6.80. The Hall–Kier alpha value is -3.55. The van der Waals surface area contributed by atoms with Crippen molar-refractivity contribution in [3.63, 3.8) is 0 Å². The van der Waals surface area contributed by atoms with E-state index in [0.717, 1.165) is 5.56 Å². The Balaban J connectivity index is 1.94. The summed E-state index contributed by atoms with van der Waals surface area (Å²) in [6.45, 7) is 2.03. The number of nitrogens with zero attached hydrogens (tertiary/aromatic N) is 1. The molecule has 3 rings (SSSR count). The molecule has 0 aliphatic carbocycles. The van der Waals surface area contributed by atoms with Crippen LogP contribution >= 0.6 is 0 Å². The first-order valence-electron chi connectivity index (χ1n) is 9.60. The Morgan fingerprint density at radius 1 is 1.20 bits per heavy atom. The molecule has 0 aromatic heterocycles. The van der Waals surface area contributed by atoms with Gasteiger partial charge in [-0.25, -0.2) is 0 Å². The van der Waals surface area contributed by atoms with E-state index in [9.17, 15) is 19.5 Å². The molecule has 2 aromatic rings. The van der Waals surface area contributed by atoms with Crippen LogP contribution in [0.4, 0.5) is 0 Å². The maximum absolute atomic E-state index is 13.0. The molecule has 2 aromatic carbocycles. The van der Waals surface area contributed by atoms with E-state index in [-0.39, 0.29) is 12.3 Å². The maximum atomic E-state index is 13.0. The van der Waals surface area contributed by atoms with Crippen molar-refractivity contribution in [2.45, 2.75) is 25.9 Å². The largest absolute Gasteiger partial charge is 0.548 e. The number of fused-ring (bicyclic) bond motifs is 1. The summed E-state index contributed by atoms with van der Waals surface area (Å²) in [6.07, 6.45) is -0.106. The lowest BCUT2D eigenvalue weighted by Crippen LogP contribution is -2.40. The van der Waals surface area contributed by atoms with Gasteiger partial charge in [-0.1, -0.05) is 24.3 Å². The van der Waals surface area contributed by atoms with Crippen LogP contribution in [0.2, 0.25) is 0 Å². The highest BCUT2D eigenvalue weighted by Gasteiger charge is 2.34. The van der Waals surface area contributed by atoms with Crippen molar-refractivity contribution in [1.29, 1.82) is 0 Å². The van der Waals surface area contributed by atoms with Crippen molar-refractivity contribution >= 4 is 17.8 Å². The zero-order valence-electron chi connectivity index (χ0n) is 16.8. The quantitative estimate of drug-likeness (QED) is 0.661. The van der Waals surface area contributed by atoms with Crippen molar-refractivity contribution in [3.8, 4) is 11.5 Å². The molecular formula is C22H23N2O6-. The number of rotatable bonds is 9. The highest BCUT2D eigenvalue weighted by molar-refractivity contribution is 5.99. The number of benzene rings is 2. The van der Waals surface area contributed by atoms with Gasteiger partial charge in [-0.05, 0) is 36.2 Å². The highest BCUT2D eigenvalue weighted by Crippen LogP contribution is 2.37. The Morgan fingerprint density at radius 3 is 2.63 bits per heavy atom. The highest BCUT2D eigenvalue weighted by atomic mass is 16.5. The third kappa shape index (κ3) is 4.53. The van der Waals surface area contributed by atoms with Gasteiger partial charge in [0, 0.05) is 12.1 Å². The van der Waals surface area contributed by atoms with E-state index < -0.39 is 24.5 Å². The first-order valence-corrected chi connectivity index (χ1v) is 9.60. The molecule has 0 bridgehead atoms. The maximum Gasteiger partial charge on any atom is 0.255 e. The molecule has 1 aliphatic heterocycles. The molecule has 1 atom stereocenters. The van der Waals surface area contributed by atoms with E-state index in [1.807, 2.05) is 19.1 Å². The molecular weight excluding hydrogens is 388 g/mol. The van der Waals surface area contributed by atoms with Crippen LogP contribution in [0.25, 0.3) is 0 Å². The molecule has 1 heterocycles. The average molecular weight is 411 g/mol. The van der Waals surface area contributed by atoms with E-state index >= 15 is 0 Å². The minimum atomic E-state index is -1.38. The summed E-state index contributed by atoms with van der Waals surface area (Å²) in [7, 11) is 1.53. The number of ether oxygens (including phenoxy) is 2. The van der Waals surface area contributed by atoms with Crippen molar-refractivity contribution in [1.82, 2.24) is 10.2 Å². The first kappa shape index (κ1) is 21.2. The number of methoxy groups -OCH3 is 1. The summed E-state index contributed by atoms with van der Waals surface area (Å²) in [5.41, 5.74) is 2.15. The lowest BCUT2D eigenvalue weighted by molar-refractivity contribution is -0.304. The molecule has 158 valence electrons. The lowest BCUT2D eigenvalue weighted by Gasteiger charge is -2.28. The predicted octanol–water partition coefficient (Wildman–Crippen LogP) is 1.05. The van der Waals surface area contributed by atoms with Gasteiger partial charge in [0.05, 0.1) is 38.7 Å². The van der Waals surface area contributed by atoms with Gasteiger partial charge in [-0.3, -0.25) is 9.59 Å². The number of carboxylic acids is 1. The lowest BCUT2D eigenvalue weighted by atomic mass is 10.0. The molecule has 0 spiro atoms. The molecule has 30 heavy (non-hydrogen) atoms. The van der Waals surface area contributed by atoms with Gasteiger partial charge < -0.3 is 29.6 Å². The van der Waals surface area contributed by atoms with Crippen LogP contribution in [-0.4, -0.2) is 42.9 Å². The number of carboxylic acid groups (broad SMARTS) is 1. The van der Waals surface area contributed by atoms with Crippen molar-refractivity contribution in [2.24, 2.45) is 0 Å². The molecule has 0 saturated heterocycles. The molecule has 0 radical (unpaired) electrons. The normalized spacial score (nSPS) is 13.5. The van der Waals surface area contributed by atoms with Gasteiger partial charge in [0.15, 0.2) is 11.5 Å². The standard InChI is InChI=1S/C22H24N2O6/c1-3-30-19-10-14(8-9-18(19)29-2)17(11-20(25)23-12-21(26)27)24-13-15-6-4-5-7-16(15)22(24)28/h4-10,17H,3,11-13H2,1-2H3,(H,23,25)(H,26,27)/p-1. The third-order valence-corrected chi connectivity index (χ3v) is 4.91. The van der Waals surface area contributed by atoms with E-state index in [2.05, 4.69) is 5.32 Å². The Bertz CT molecular complexity index is 958. The van der Waals surface area contributed by atoms with Crippen LogP contribution < -0.4 is 19.9 Å². The number of amides is 2. The van der Waals surface area contributed by atoms with Gasteiger partial charge >= 0.3 is 0 Å². The number of nitrogens with one attached hydrogen (secondary N) is 1. The van der Waals surface area contributed by atoms with E-state index in [0.29, 0.717) is 35.8 Å². The first-order chi connectivity index (χ1) is 14.4. The SMILES string of the molecule is CCOc1cc(C(CC(=O)NCC(=O)[O-])N2Cc3ccccc3C2=O)ccc1OC. The van der Waals surface area contributed by atoms with Crippen LogP contribution in [0.5, 0.6) is 11.5 Å². The van der Waals surface area contributed by atoms with Gasteiger partial charge in [-0.2, -0.15) is 0 Å². The fourth-order valence-electron chi connectivity index (χ4n) is 3.52. The summed E-state index contributed by atoms with van der Waals surface area (Å²) in [4.78, 5) is 37.7. The van der Waals surface area contributed by atoms with Gasteiger partial charge in [0.1, 0.15) is 0 Å². The molecule has 8 heteroatoms. The second-order valence-electron chi connectivity index (χ2n) is 6.80. The van der Waals surface area contributed by atoms with Crippen LogP contribution in [0.15, 0.2) is 42.5 Å². The second kappa shape index (κ2) is 9.30. The van der Waals surface area contributed by atoms with Crippen molar-refractivity contribution in [2.75, 3.05) is 20.3 Å². The smallest absolute Gasteiger partial charge is 0.255 e. The Morgan fingerprint density at radius 2 is 1.97 bits per heavy atom. The van der Waals surface area contributed by atoms with Gasteiger partial charge in [0.25, 0.3) is 5.91 Å². The van der Waals surface area contributed by atoms with Crippen LogP contribution in [0, 0.1) is 0 Å². The topological polar surface area (TPSA) is 108 Å². The zero-order valence-corrected chi connectivity index (χ0v) is 16.8. The minimum absolute atomic E-state index is 0.106. The zero-order chi connectivity index (χ0) is 21.7. The fourth-order valence-corrected chi connectivity index (χ4v) is 3.52. The van der Waals surface area contributed by atoms with Gasteiger partial charge in [-0.15, -0.1) is 0 Å². The molecule has 2 amide bonds. The molecule has 0 fully saturated rings. The summed E-state index contributed by atoms with van der Waals surface area (Å²) in [5, 5.41) is 13.0. The molecule has 1 aliphatic rings. The summed E-state index contributed by atoms with van der Waals surface area (Å²) >= 11 is 0. The number of carbonyl (C=O) groups excluding carboxylic acids is 3. The van der Waals surface area contributed by atoms with Crippen LogP contribution in [0.1, 0.15) is 40.9 Å². The average Bonchev–Trinajstić information content (AvgIpc) is 3.07. The van der Waals surface area contributed by atoms with E-state index in [1.165, 1.54) is 7.11 Å². The van der Waals surface area contributed by atoms with Crippen molar-refractivity contribution < 1.29 is 29.0 Å². The molecule has 0 saturated carbocycles. The number of aliphatic carboxylic acids is 1. The summed E-state index contributed by atoms with van der Waals surface area (Å²) in [5.74, 6) is -1.02. The third-order valence-electron chi connectivity index (χ3n) is 4.91. The van der Waals surface area contributed by atoms with Crippen molar-refractivity contribution in [3.05, 3.63) is 59.2 Å². The Kier molecular flexibility index (Phi) is 6.56. The Labute approximate surface area is 174 Å². The molecule has 8 nitrogen and oxygen atoms in total. The summed E-state index contributed by atoms with van der Waals surface area (Å²) < 4.78 is 11.0. The number of hydrogen-bond donors (Lipinski definition) is 1. The van der Waals surface area contributed by atoms with Crippen LogP contribution in [-0.2, 0) is 16.1 Å². The fraction of sp³-hybridized carbons (Fsp3) is 0.318. The number of hydrogen-bond acceptors (Lipinski definition) is 6. The van der Waals surface area contributed by atoms with E-state index in [4.69, 9.17) is 9.47 Å². The molecule has 1 N–H and O–H groups in total. The van der Waals surface area contributed by atoms with Crippen LogP contribution in [0.3, 0.4) is 0 Å². The number of carbonyl (C=O) groups is 3. The van der Waals surface area contributed by atoms with Gasteiger partial charge in [0.2, 0.25) is 5.91 Å². The minimum Gasteiger partial charge on any atom is -0.548 e. The van der Waals surface area contributed by atoms with E-state index in [1.54, 1.807) is 35.2 Å².